The maximum absolute atomic E-state index is 12.8. The number of hydrogen-bond acceptors (Lipinski definition) is 5. The summed E-state index contributed by atoms with van der Waals surface area (Å²) in [5.74, 6) is 0.917. The molecule has 3 heterocycles. The van der Waals surface area contributed by atoms with Crippen LogP contribution in [0.15, 0.2) is 12.1 Å². The maximum atomic E-state index is 12.8. The second-order valence-corrected chi connectivity index (χ2v) is 10.1. The van der Waals surface area contributed by atoms with Crippen molar-refractivity contribution in [1.82, 2.24) is 9.88 Å². The number of likely N-dealkylation sites (tertiary alicyclic amines) is 1. The number of rotatable bonds is 2. The van der Waals surface area contributed by atoms with Crippen LogP contribution in [0.2, 0.25) is 0 Å². The van der Waals surface area contributed by atoms with E-state index >= 15 is 0 Å². The zero-order valence-corrected chi connectivity index (χ0v) is 18.8. The number of piperidine rings is 1. The summed E-state index contributed by atoms with van der Waals surface area (Å²) < 4.78 is 3.86. The minimum atomic E-state index is 0.202. The molecule has 2 aromatic rings. The van der Waals surface area contributed by atoms with Gasteiger partial charge >= 0.3 is 0 Å². The van der Waals surface area contributed by atoms with Crippen molar-refractivity contribution in [2.45, 2.75) is 59.3 Å². The molecule has 29 heavy (non-hydrogen) atoms. The minimum Gasteiger partial charge on any atom is -0.471 e. The Balaban J connectivity index is 0.000000552. The Hall–Kier alpha value is -1.95. The third-order valence-electron chi connectivity index (χ3n) is 6.05. The fourth-order valence-corrected chi connectivity index (χ4v) is 5.22. The number of aryl methyl sites for hydroxylation is 1. The molecule has 0 N–H and O–H groups in total. The molecule has 1 fully saturated rings. The molecule has 1 aliphatic heterocycles. The van der Waals surface area contributed by atoms with Gasteiger partial charge < -0.3 is 9.64 Å². The van der Waals surface area contributed by atoms with Crippen LogP contribution in [0.1, 0.15) is 67.4 Å². The van der Waals surface area contributed by atoms with Crippen LogP contribution in [0.5, 0.6) is 0 Å². The van der Waals surface area contributed by atoms with Crippen molar-refractivity contribution >= 4 is 33.9 Å². The van der Waals surface area contributed by atoms with Gasteiger partial charge in [0.1, 0.15) is 4.83 Å². The molecule has 0 saturated carbocycles. The lowest BCUT2D eigenvalue weighted by atomic mass is 9.71. The van der Waals surface area contributed by atoms with Crippen molar-refractivity contribution < 1.29 is 14.3 Å². The summed E-state index contributed by atoms with van der Waals surface area (Å²) in [5, 5.41) is 1.15. The van der Waals surface area contributed by atoms with Crippen LogP contribution < -0.4 is 0 Å². The number of carbonyl (C=O) groups is 2. The van der Waals surface area contributed by atoms with Crippen molar-refractivity contribution in [3.8, 4) is 0 Å². The van der Waals surface area contributed by atoms with Crippen molar-refractivity contribution in [2.75, 3.05) is 20.2 Å². The third-order valence-corrected chi connectivity index (χ3v) is 7.08. The lowest BCUT2D eigenvalue weighted by Gasteiger charge is -2.34. The van der Waals surface area contributed by atoms with Gasteiger partial charge in [-0.15, -0.1) is 11.3 Å². The lowest BCUT2D eigenvalue weighted by molar-refractivity contribution is -0.126. The summed E-state index contributed by atoms with van der Waals surface area (Å²) in [6.45, 7) is 9.21. The normalized spacial score (nSPS) is 19.2. The topological polar surface area (TPSA) is 59.5 Å². The van der Waals surface area contributed by atoms with Gasteiger partial charge in [0.2, 0.25) is 0 Å². The number of fused-ring (bicyclic) bond motifs is 2. The number of aromatic nitrogens is 1. The molecule has 0 radical (unpaired) electrons. The standard InChI is InChI=1S/C21H28N2OS.C2H4O2/c1-21(2,3)16-7-8-17-14(12-16)11-15-13-18(25-19(15)22-17)20(24)23-9-5-4-6-10-23;1-4-2-3/h11,13,16H,4-10,12H2,1-3H3;2H,1H3. The number of nitrogens with zero attached hydrogens (tertiary/aromatic N) is 2. The van der Waals surface area contributed by atoms with Crippen LogP contribution in [0.3, 0.4) is 0 Å². The largest absolute Gasteiger partial charge is 0.471 e. The highest BCUT2D eigenvalue weighted by molar-refractivity contribution is 7.20. The number of hydrogen-bond donors (Lipinski definition) is 0. The molecule has 1 amide bonds. The van der Waals surface area contributed by atoms with Gasteiger partial charge in [0.15, 0.2) is 0 Å². The Kier molecular flexibility index (Phi) is 6.93. The number of pyridine rings is 1. The van der Waals surface area contributed by atoms with Gasteiger partial charge in [-0.3, -0.25) is 9.59 Å². The molecule has 0 bridgehead atoms. The maximum Gasteiger partial charge on any atom is 0.292 e. The van der Waals surface area contributed by atoms with E-state index < -0.39 is 0 Å². The Morgan fingerprint density at radius 3 is 2.55 bits per heavy atom. The molecule has 5 nitrogen and oxygen atoms in total. The Morgan fingerprint density at radius 2 is 1.93 bits per heavy atom. The van der Waals surface area contributed by atoms with Crippen molar-refractivity contribution in [3.05, 3.63) is 28.3 Å². The molecule has 6 heteroatoms. The fraction of sp³-hybridized carbons (Fsp3) is 0.609. The highest BCUT2D eigenvalue weighted by Gasteiger charge is 2.30. The highest BCUT2D eigenvalue weighted by Crippen LogP contribution is 2.38. The molecule has 158 valence electrons. The summed E-state index contributed by atoms with van der Waals surface area (Å²) >= 11 is 1.58. The van der Waals surface area contributed by atoms with Crippen LogP contribution in [-0.2, 0) is 22.4 Å². The summed E-state index contributed by atoms with van der Waals surface area (Å²) in [4.78, 5) is 30.6. The third kappa shape index (κ3) is 5.16. The van der Waals surface area contributed by atoms with Crippen LogP contribution in [0.4, 0.5) is 0 Å². The van der Waals surface area contributed by atoms with Crippen molar-refractivity contribution in [2.24, 2.45) is 11.3 Å². The van der Waals surface area contributed by atoms with E-state index in [1.165, 1.54) is 31.2 Å². The molecular formula is C23H32N2O3S. The zero-order chi connectivity index (χ0) is 21.0. The SMILES string of the molecule is CC(C)(C)C1CCc2nc3sc(C(=O)N4CCCCC4)cc3cc2C1.COC=O. The molecule has 2 aliphatic rings. The first-order chi connectivity index (χ1) is 13.8. The predicted molar refractivity (Wildman–Crippen MR) is 117 cm³/mol. The second-order valence-electron chi connectivity index (χ2n) is 9.09. The Morgan fingerprint density at radius 1 is 1.24 bits per heavy atom. The zero-order valence-electron chi connectivity index (χ0n) is 18.0. The number of carbonyl (C=O) groups excluding carboxylic acids is 2. The molecular weight excluding hydrogens is 384 g/mol. The molecule has 1 unspecified atom stereocenters. The first-order valence-electron chi connectivity index (χ1n) is 10.5. The van der Waals surface area contributed by atoms with E-state index in [1.807, 2.05) is 4.90 Å². The van der Waals surface area contributed by atoms with Crippen LogP contribution in [0, 0.1) is 11.3 Å². The van der Waals surface area contributed by atoms with Gasteiger partial charge in [0.25, 0.3) is 12.4 Å². The van der Waals surface area contributed by atoms with Crippen LogP contribution >= 0.6 is 11.3 Å². The van der Waals surface area contributed by atoms with E-state index in [4.69, 9.17) is 9.78 Å². The molecule has 4 rings (SSSR count). The average Bonchev–Trinajstić information content (AvgIpc) is 3.14. The highest BCUT2D eigenvalue weighted by atomic mass is 32.1. The molecule has 0 spiro atoms. The van der Waals surface area contributed by atoms with Gasteiger partial charge in [-0.25, -0.2) is 4.98 Å². The number of thiophene rings is 1. The Labute approximate surface area is 177 Å². The fourth-order valence-electron chi connectivity index (χ4n) is 4.22. The first-order valence-corrected chi connectivity index (χ1v) is 11.3. The second kappa shape index (κ2) is 9.24. The Bertz CT molecular complexity index is 863. The first kappa shape index (κ1) is 21.8. The number of ether oxygens (including phenoxy) is 1. The average molecular weight is 417 g/mol. The van der Waals surface area contributed by atoms with E-state index in [1.54, 1.807) is 11.3 Å². The van der Waals surface area contributed by atoms with E-state index in [2.05, 4.69) is 37.6 Å². The predicted octanol–water partition coefficient (Wildman–Crippen LogP) is 4.86. The van der Waals surface area contributed by atoms with Crippen molar-refractivity contribution in [3.63, 3.8) is 0 Å². The van der Waals surface area contributed by atoms with Gasteiger partial charge in [-0.1, -0.05) is 20.8 Å². The van der Waals surface area contributed by atoms with E-state index in [-0.39, 0.29) is 5.91 Å². The quantitative estimate of drug-likeness (QED) is 0.656. The van der Waals surface area contributed by atoms with Gasteiger partial charge in [0, 0.05) is 24.2 Å². The summed E-state index contributed by atoms with van der Waals surface area (Å²) in [6.07, 6.45) is 6.93. The van der Waals surface area contributed by atoms with E-state index in [0.29, 0.717) is 17.8 Å². The lowest BCUT2D eigenvalue weighted by Crippen LogP contribution is -2.35. The monoisotopic (exact) mass is 416 g/mol. The number of methoxy groups -OCH3 is 1. The smallest absolute Gasteiger partial charge is 0.292 e. The van der Waals surface area contributed by atoms with Crippen LogP contribution in [-0.4, -0.2) is 42.5 Å². The minimum absolute atomic E-state index is 0.202. The molecule has 1 aliphatic carbocycles. The summed E-state index contributed by atoms with van der Waals surface area (Å²) in [6, 6.07) is 4.38. The van der Waals surface area contributed by atoms with Gasteiger partial charge in [-0.2, -0.15) is 0 Å². The number of amides is 1. The molecule has 1 atom stereocenters. The van der Waals surface area contributed by atoms with Gasteiger partial charge in [-0.05, 0) is 67.6 Å². The molecule has 2 aromatic heterocycles. The summed E-state index contributed by atoms with van der Waals surface area (Å²) in [5.41, 5.74) is 3.00. The van der Waals surface area contributed by atoms with E-state index in [9.17, 15) is 4.79 Å². The van der Waals surface area contributed by atoms with Crippen LogP contribution in [0.25, 0.3) is 10.2 Å². The van der Waals surface area contributed by atoms with Gasteiger partial charge in [0.05, 0.1) is 12.0 Å². The summed E-state index contributed by atoms with van der Waals surface area (Å²) in [7, 11) is 1.31. The molecule has 0 aromatic carbocycles. The molecule has 1 saturated heterocycles. The van der Waals surface area contributed by atoms with Crippen molar-refractivity contribution in [1.29, 1.82) is 0 Å². The van der Waals surface area contributed by atoms with E-state index in [0.717, 1.165) is 53.9 Å².